The maximum Gasteiger partial charge on any atom is 0.237 e. The molecule has 0 bridgehead atoms. The van der Waals surface area contributed by atoms with Gasteiger partial charge in [-0.1, -0.05) is 0 Å². The van der Waals surface area contributed by atoms with E-state index in [4.69, 9.17) is 9.47 Å². The van der Waals surface area contributed by atoms with Crippen LogP contribution in [0.25, 0.3) is 0 Å². The Bertz CT molecular complexity index is 560. The highest BCUT2D eigenvalue weighted by molar-refractivity contribution is 5.45. The van der Waals surface area contributed by atoms with Gasteiger partial charge in [0.25, 0.3) is 0 Å². The minimum absolute atomic E-state index is 0.517. The van der Waals surface area contributed by atoms with Crippen LogP contribution in [0.4, 0.5) is 5.69 Å². The average Bonchev–Trinajstić information content (AvgIpc) is 2.46. The molecule has 2 aromatic rings. The van der Waals surface area contributed by atoms with Crippen molar-refractivity contribution < 1.29 is 9.47 Å². The third-order valence-corrected chi connectivity index (χ3v) is 2.53. The zero-order chi connectivity index (χ0) is 13.7. The number of hydrogen-bond acceptors (Lipinski definition) is 6. The van der Waals surface area contributed by atoms with Crippen molar-refractivity contribution in [3.63, 3.8) is 0 Å². The topological polar surface area (TPSA) is 69.2 Å². The molecule has 2 heterocycles. The van der Waals surface area contributed by atoms with Gasteiger partial charge in [0.1, 0.15) is 5.69 Å². The molecule has 6 nitrogen and oxygen atoms in total. The Morgan fingerprint density at radius 1 is 1.21 bits per heavy atom. The van der Waals surface area contributed by atoms with Crippen LogP contribution in [0.3, 0.4) is 0 Å². The quantitative estimate of drug-likeness (QED) is 0.884. The molecule has 0 radical (unpaired) electrons. The van der Waals surface area contributed by atoms with Crippen molar-refractivity contribution in [2.75, 3.05) is 19.5 Å². The monoisotopic (exact) mass is 260 g/mol. The molecule has 1 N–H and O–H groups in total. The number of ether oxygens (including phenoxy) is 2. The first kappa shape index (κ1) is 13.1. The summed E-state index contributed by atoms with van der Waals surface area (Å²) in [6.07, 6.45) is 3.39. The normalized spacial score (nSPS) is 10.1. The summed E-state index contributed by atoms with van der Waals surface area (Å²) in [5, 5.41) is 3.23. The van der Waals surface area contributed by atoms with Crippen molar-refractivity contribution in [3.8, 4) is 11.8 Å². The largest absolute Gasteiger partial charge is 0.481 e. The first-order chi connectivity index (χ1) is 9.22. The molecule has 19 heavy (non-hydrogen) atoms. The van der Waals surface area contributed by atoms with Crippen molar-refractivity contribution in [1.82, 2.24) is 15.0 Å². The summed E-state index contributed by atoms with van der Waals surface area (Å²) in [7, 11) is 3.17. The molecule has 0 spiro atoms. The summed E-state index contributed by atoms with van der Waals surface area (Å²) in [5.74, 6) is 1.10. The number of hydrogen-bond donors (Lipinski definition) is 1. The molecule has 0 unspecified atom stereocenters. The molecule has 0 aromatic carbocycles. The van der Waals surface area contributed by atoms with Crippen molar-refractivity contribution in [2.45, 2.75) is 13.5 Å². The zero-order valence-electron chi connectivity index (χ0n) is 11.2. The highest BCUT2D eigenvalue weighted by Gasteiger charge is 2.06. The van der Waals surface area contributed by atoms with Crippen LogP contribution >= 0.6 is 0 Å². The van der Waals surface area contributed by atoms with Gasteiger partial charge in [-0.05, 0) is 13.0 Å². The highest BCUT2D eigenvalue weighted by atomic mass is 16.5. The Morgan fingerprint density at radius 3 is 2.79 bits per heavy atom. The standard InChI is InChI=1S/C13H16N4O2/c1-9-7-16-11(13(17-9)19-3)8-15-10-4-5-14-12(6-10)18-2/h4-7H,8H2,1-3H3,(H,14,15). The lowest BCUT2D eigenvalue weighted by molar-refractivity contribution is 0.389. The van der Waals surface area contributed by atoms with E-state index in [-0.39, 0.29) is 0 Å². The number of methoxy groups -OCH3 is 2. The van der Waals surface area contributed by atoms with E-state index in [0.717, 1.165) is 17.1 Å². The summed E-state index contributed by atoms with van der Waals surface area (Å²) in [6, 6.07) is 3.67. The first-order valence-corrected chi connectivity index (χ1v) is 5.83. The third-order valence-electron chi connectivity index (χ3n) is 2.53. The third kappa shape index (κ3) is 3.31. The van der Waals surface area contributed by atoms with Gasteiger partial charge in [-0.3, -0.25) is 4.98 Å². The van der Waals surface area contributed by atoms with E-state index in [1.54, 1.807) is 26.6 Å². The molecule has 0 aliphatic carbocycles. The fraction of sp³-hybridized carbons (Fsp3) is 0.308. The molecule has 0 atom stereocenters. The van der Waals surface area contributed by atoms with E-state index in [0.29, 0.717) is 18.3 Å². The Balaban J connectivity index is 2.09. The first-order valence-electron chi connectivity index (χ1n) is 5.83. The maximum absolute atomic E-state index is 5.21. The smallest absolute Gasteiger partial charge is 0.237 e. The number of anilines is 1. The molecule has 0 saturated heterocycles. The summed E-state index contributed by atoms with van der Waals surface area (Å²) in [5.41, 5.74) is 2.48. The van der Waals surface area contributed by atoms with Gasteiger partial charge in [-0.2, -0.15) is 0 Å². The molecule has 6 heteroatoms. The second-order valence-electron chi connectivity index (χ2n) is 3.91. The Morgan fingerprint density at radius 2 is 2.05 bits per heavy atom. The lowest BCUT2D eigenvalue weighted by atomic mass is 10.3. The predicted molar refractivity (Wildman–Crippen MR) is 71.4 cm³/mol. The molecular formula is C13H16N4O2. The van der Waals surface area contributed by atoms with Gasteiger partial charge in [0.15, 0.2) is 0 Å². The van der Waals surface area contributed by atoms with E-state index in [2.05, 4.69) is 20.3 Å². The molecule has 100 valence electrons. The van der Waals surface area contributed by atoms with E-state index < -0.39 is 0 Å². The van der Waals surface area contributed by atoms with Crippen LogP contribution in [0, 0.1) is 6.92 Å². The number of aryl methyl sites for hydroxylation is 1. The molecular weight excluding hydrogens is 244 g/mol. The number of nitrogens with zero attached hydrogens (tertiary/aromatic N) is 3. The molecule has 0 fully saturated rings. The number of aromatic nitrogens is 3. The van der Waals surface area contributed by atoms with Gasteiger partial charge in [-0.25, -0.2) is 9.97 Å². The van der Waals surface area contributed by atoms with E-state index in [9.17, 15) is 0 Å². The van der Waals surface area contributed by atoms with E-state index in [1.165, 1.54) is 0 Å². The summed E-state index contributed by atoms with van der Waals surface area (Å²) in [6.45, 7) is 2.39. The van der Waals surface area contributed by atoms with Crippen molar-refractivity contribution in [3.05, 3.63) is 35.9 Å². The van der Waals surface area contributed by atoms with E-state index in [1.807, 2.05) is 19.1 Å². The highest BCUT2D eigenvalue weighted by Crippen LogP contribution is 2.17. The molecule has 2 rings (SSSR count). The van der Waals surface area contributed by atoms with Crippen LogP contribution in [0.15, 0.2) is 24.5 Å². The predicted octanol–water partition coefficient (Wildman–Crippen LogP) is 1.81. The molecule has 0 aliphatic heterocycles. The summed E-state index contributed by atoms with van der Waals surface area (Å²) < 4.78 is 10.3. The van der Waals surface area contributed by atoms with Crippen molar-refractivity contribution in [2.24, 2.45) is 0 Å². The van der Waals surface area contributed by atoms with Crippen LogP contribution < -0.4 is 14.8 Å². The van der Waals surface area contributed by atoms with Crippen LogP contribution in [0.2, 0.25) is 0 Å². The lowest BCUT2D eigenvalue weighted by Crippen LogP contribution is -2.06. The van der Waals surface area contributed by atoms with E-state index >= 15 is 0 Å². The van der Waals surface area contributed by atoms with Crippen LogP contribution in [0.5, 0.6) is 11.8 Å². The summed E-state index contributed by atoms with van der Waals surface area (Å²) in [4.78, 5) is 12.6. The van der Waals surface area contributed by atoms with Crippen molar-refractivity contribution in [1.29, 1.82) is 0 Å². The van der Waals surface area contributed by atoms with Gasteiger partial charge in [-0.15, -0.1) is 0 Å². The van der Waals surface area contributed by atoms with Gasteiger partial charge >= 0.3 is 0 Å². The van der Waals surface area contributed by atoms with Gasteiger partial charge in [0.2, 0.25) is 11.8 Å². The molecule has 0 amide bonds. The average molecular weight is 260 g/mol. The van der Waals surface area contributed by atoms with Crippen LogP contribution in [-0.4, -0.2) is 29.2 Å². The van der Waals surface area contributed by atoms with Crippen LogP contribution in [0.1, 0.15) is 11.4 Å². The second-order valence-corrected chi connectivity index (χ2v) is 3.91. The van der Waals surface area contributed by atoms with Gasteiger partial charge in [0.05, 0.1) is 26.5 Å². The molecule has 0 aliphatic rings. The lowest BCUT2D eigenvalue weighted by Gasteiger charge is -2.09. The fourth-order valence-corrected chi connectivity index (χ4v) is 1.58. The van der Waals surface area contributed by atoms with Crippen molar-refractivity contribution >= 4 is 5.69 Å². The van der Waals surface area contributed by atoms with Gasteiger partial charge < -0.3 is 14.8 Å². The molecule has 2 aromatic heterocycles. The second kappa shape index (κ2) is 5.99. The van der Waals surface area contributed by atoms with Crippen LogP contribution in [-0.2, 0) is 6.54 Å². The SMILES string of the molecule is COc1cc(NCc2ncc(C)nc2OC)ccn1. The maximum atomic E-state index is 5.21. The molecule has 0 saturated carbocycles. The Kier molecular flexibility index (Phi) is 4.12. The number of rotatable bonds is 5. The van der Waals surface area contributed by atoms with Gasteiger partial charge in [0, 0.05) is 24.1 Å². The Labute approximate surface area is 111 Å². The number of nitrogens with one attached hydrogen (secondary N) is 1. The minimum atomic E-state index is 0.517. The number of pyridine rings is 1. The zero-order valence-corrected chi connectivity index (χ0v) is 11.2. The fourth-order valence-electron chi connectivity index (χ4n) is 1.58. The summed E-state index contributed by atoms with van der Waals surface area (Å²) >= 11 is 0. The minimum Gasteiger partial charge on any atom is -0.481 e. The Hall–Kier alpha value is -2.37.